The summed E-state index contributed by atoms with van der Waals surface area (Å²) in [5.41, 5.74) is 5.60. The molecule has 0 saturated carbocycles. The fourth-order valence-electron chi connectivity index (χ4n) is 3.19. The largest absolute Gasteiger partial charge is 0.444 e. The molecule has 1 aliphatic heterocycles. The first-order valence-electron chi connectivity index (χ1n) is 8.99. The van der Waals surface area contributed by atoms with Gasteiger partial charge in [0.15, 0.2) is 0 Å². The van der Waals surface area contributed by atoms with Crippen molar-refractivity contribution >= 4 is 11.8 Å². The van der Waals surface area contributed by atoms with Crippen molar-refractivity contribution in [1.29, 1.82) is 5.26 Å². The number of hydrogen-bond donors (Lipinski definition) is 0. The number of amides is 1. The lowest BCUT2D eigenvalue weighted by molar-refractivity contribution is 0.0242. The van der Waals surface area contributed by atoms with Gasteiger partial charge >= 0.3 is 6.09 Å². The van der Waals surface area contributed by atoms with Crippen LogP contribution in [0.5, 0.6) is 0 Å². The molecule has 1 heterocycles. The maximum atomic E-state index is 12.5. The summed E-state index contributed by atoms with van der Waals surface area (Å²) in [6, 6.07) is 14.0. The van der Waals surface area contributed by atoms with Crippen LogP contribution < -0.4 is 4.90 Å². The fourth-order valence-corrected chi connectivity index (χ4v) is 3.19. The number of nitrogens with zero attached hydrogens (tertiary/aromatic N) is 3. The zero-order chi connectivity index (χ0) is 19.8. The molecule has 27 heavy (non-hydrogen) atoms. The number of nitriles is 1. The highest BCUT2D eigenvalue weighted by atomic mass is 16.6. The third-order valence-electron chi connectivity index (χ3n) is 4.53. The second-order valence-corrected chi connectivity index (χ2v) is 8.05. The van der Waals surface area contributed by atoms with E-state index in [0.29, 0.717) is 18.7 Å². The summed E-state index contributed by atoms with van der Waals surface area (Å²) in [7, 11) is 4.01. The Morgan fingerprint density at radius 2 is 1.81 bits per heavy atom. The molecule has 0 saturated heterocycles. The molecule has 0 bridgehead atoms. The lowest BCUT2D eigenvalue weighted by Crippen LogP contribution is -2.33. The minimum atomic E-state index is -0.517. The molecule has 0 aliphatic carbocycles. The molecule has 0 spiro atoms. The Bertz CT molecular complexity index is 903. The Morgan fingerprint density at radius 3 is 2.37 bits per heavy atom. The van der Waals surface area contributed by atoms with Crippen LogP contribution in [-0.2, 0) is 17.8 Å². The average molecular weight is 363 g/mol. The Balaban J connectivity index is 2.00. The van der Waals surface area contributed by atoms with Gasteiger partial charge in [0.2, 0.25) is 0 Å². The van der Waals surface area contributed by atoms with Gasteiger partial charge < -0.3 is 9.64 Å². The summed E-state index contributed by atoms with van der Waals surface area (Å²) in [6.07, 6.45) is -0.295. The van der Waals surface area contributed by atoms with E-state index in [1.165, 1.54) is 0 Å². The maximum Gasteiger partial charge on any atom is 0.410 e. The van der Waals surface area contributed by atoms with Gasteiger partial charge in [0.05, 0.1) is 18.2 Å². The molecule has 2 aromatic carbocycles. The predicted molar refractivity (Wildman–Crippen MR) is 106 cm³/mol. The van der Waals surface area contributed by atoms with Gasteiger partial charge in [-0.05, 0) is 67.3 Å². The number of rotatable bonds is 2. The van der Waals surface area contributed by atoms with E-state index in [-0.39, 0.29) is 6.09 Å². The number of fused-ring (bicyclic) bond motifs is 1. The normalized spacial score (nSPS) is 13.1. The van der Waals surface area contributed by atoms with E-state index >= 15 is 0 Å². The molecule has 0 N–H and O–H groups in total. The fraction of sp³-hybridized carbons (Fsp3) is 0.364. The number of hydrogen-bond acceptors (Lipinski definition) is 4. The van der Waals surface area contributed by atoms with Gasteiger partial charge in [0.25, 0.3) is 0 Å². The quantitative estimate of drug-likeness (QED) is 0.786. The summed E-state index contributed by atoms with van der Waals surface area (Å²) >= 11 is 0. The summed E-state index contributed by atoms with van der Waals surface area (Å²) < 4.78 is 5.55. The van der Waals surface area contributed by atoms with Crippen LogP contribution in [-0.4, -0.2) is 30.7 Å². The predicted octanol–water partition coefficient (Wildman–Crippen LogP) is 4.54. The van der Waals surface area contributed by atoms with Crippen molar-refractivity contribution in [2.24, 2.45) is 0 Å². The number of ether oxygens (including phenoxy) is 1. The van der Waals surface area contributed by atoms with Crippen molar-refractivity contribution in [1.82, 2.24) is 4.90 Å². The molecule has 2 aromatic rings. The smallest absolute Gasteiger partial charge is 0.410 e. The highest BCUT2D eigenvalue weighted by Crippen LogP contribution is 2.37. The molecule has 5 heteroatoms. The number of carbonyl (C=O) groups is 1. The summed E-state index contributed by atoms with van der Waals surface area (Å²) in [4.78, 5) is 16.3. The first kappa shape index (κ1) is 18.8. The highest BCUT2D eigenvalue weighted by molar-refractivity contribution is 5.77. The molecule has 3 rings (SSSR count). The number of benzene rings is 2. The Hall–Kier alpha value is -3.00. The van der Waals surface area contributed by atoms with Crippen molar-refractivity contribution in [3.05, 3.63) is 53.1 Å². The molecular weight excluding hydrogens is 338 g/mol. The third-order valence-corrected chi connectivity index (χ3v) is 4.53. The van der Waals surface area contributed by atoms with Gasteiger partial charge in [-0.25, -0.2) is 4.79 Å². The van der Waals surface area contributed by atoms with Crippen LogP contribution in [0.1, 0.15) is 37.5 Å². The minimum Gasteiger partial charge on any atom is -0.444 e. The maximum absolute atomic E-state index is 12.5. The van der Waals surface area contributed by atoms with E-state index in [9.17, 15) is 4.79 Å². The third kappa shape index (κ3) is 4.06. The topological polar surface area (TPSA) is 56.6 Å². The van der Waals surface area contributed by atoms with Crippen LogP contribution in [0.25, 0.3) is 11.1 Å². The molecule has 0 fully saturated rings. The van der Waals surface area contributed by atoms with Crippen LogP contribution in [0, 0.1) is 11.3 Å². The molecule has 0 unspecified atom stereocenters. The van der Waals surface area contributed by atoms with Crippen molar-refractivity contribution in [3.8, 4) is 17.2 Å². The second kappa shape index (κ2) is 6.96. The van der Waals surface area contributed by atoms with E-state index in [0.717, 1.165) is 27.9 Å². The van der Waals surface area contributed by atoms with E-state index < -0.39 is 5.60 Å². The summed E-state index contributed by atoms with van der Waals surface area (Å²) in [6.45, 7) is 6.68. The highest BCUT2D eigenvalue weighted by Gasteiger charge is 2.30. The van der Waals surface area contributed by atoms with Crippen molar-refractivity contribution < 1.29 is 9.53 Å². The van der Waals surface area contributed by atoms with Gasteiger partial charge in [-0.3, -0.25) is 4.90 Å². The number of carbonyl (C=O) groups excluding carboxylic acids is 1. The first-order valence-corrected chi connectivity index (χ1v) is 8.99. The van der Waals surface area contributed by atoms with Gasteiger partial charge in [-0.2, -0.15) is 5.26 Å². The molecular formula is C22H25N3O2. The zero-order valence-corrected chi connectivity index (χ0v) is 16.5. The Kier molecular flexibility index (Phi) is 4.84. The van der Waals surface area contributed by atoms with E-state index in [1.807, 2.05) is 59.1 Å². The van der Waals surface area contributed by atoms with Crippen LogP contribution in [0.2, 0.25) is 0 Å². The van der Waals surface area contributed by atoms with Crippen LogP contribution >= 0.6 is 0 Å². The molecule has 5 nitrogen and oxygen atoms in total. The molecule has 1 amide bonds. The molecule has 0 aromatic heterocycles. The van der Waals surface area contributed by atoms with Crippen molar-refractivity contribution in [3.63, 3.8) is 0 Å². The van der Waals surface area contributed by atoms with Crippen LogP contribution in [0.3, 0.4) is 0 Å². The Labute approximate surface area is 160 Å². The monoisotopic (exact) mass is 363 g/mol. The van der Waals surface area contributed by atoms with E-state index in [4.69, 9.17) is 10.00 Å². The average Bonchev–Trinajstić information content (AvgIpc) is 3.04. The van der Waals surface area contributed by atoms with Gasteiger partial charge in [0, 0.05) is 26.3 Å². The van der Waals surface area contributed by atoms with Crippen molar-refractivity contribution in [2.75, 3.05) is 19.0 Å². The zero-order valence-electron chi connectivity index (χ0n) is 16.5. The molecule has 140 valence electrons. The van der Waals surface area contributed by atoms with Gasteiger partial charge in [0.1, 0.15) is 5.60 Å². The van der Waals surface area contributed by atoms with Gasteiger partial charge in [-0.1, -0.05) is 12.1 Å². The minimum absolute atomic E-state index is 0.295. The summed E-state index contributed by atoms with van der Waals surface area (Å²) in [5.74, 6) is 0. The lowest BCUT2D eigenvalue weighted by atomic mass is 9.95. The molecule has 0 atom stereocenters. The Morgan fingerprint density at radius 1 is 1.15 bits per heavy atom. The first-order chi connectivity index (χ1) is 12.7. The van der Waals surface area contributed by atoms with E-state index in [1.54, 1.807) is 4.90 Å². The number of anilines is 1. The van der Waals surface area contributed by atoms with Crippen LogP contribution in [0.15, 0.2) is 36.4 Å². The van der Waals surface area contributed by atoms with Crippen LogP contribution in [0.4, 0.5) is 10.5 Å². The van der Waals surface area contributed by atoms with Gasteiger partial charge in [-0.15, -0.1) is 0 Å². The summed E-state index contributed by atoms with van der Waals surface area (Å²) in [5, 5.41) is 9.04. The molecule has 0 radical (unpaired) electrons. The lowest BCUT2D eigenvalue weighted by Gasteiger charge is -2.24. The van der Waals surface area contributed by atoms with Crippen molar-refractivity contribution in [2.45, 2.75) is 39.5 Å². The SMILES string of the molecule is CN(C)c1cc2c(c(-c3ccc(C#N)cc3)c1)CN(C(=O)OC(C)(C)C)C2. The second-order valence-electron chi connectivity index (χ2n) is 8.05. The molecule has 1 aliphatic rings. The van der Waals surface area contributed by atoms with E-state index in [2.05, 4.69) is 23.1 Å². The standard InChI is InChI=1S/C22H25N3O2/c1-22(2,3)27-21(26)25-13-17-10-18(24(4)5)11-19(20(17)14-25)16-8-6-15(12-23)7-9-16/h6-11H,13-14H2,1-5H3.